The van der Waals surface area contributed by atoms with Crippen LogP contribution in [0.3, 0.4) is 0 Å². The van der Waals surface area contributed by atoms with E-state index >= 15 is 0 Å². The normalized spacial score (nSPS) is 22.4. The molecule has 0 bridgehead atoms. The SMILES string of the molecule is NC(=O)[C@@H](NC(=O)[C@@H]1CCCC[C@H]1N1CCN(C(=O)c2cccnn2)CC1)c1ccccc1. The number of nitrogens with zero attached hydrogens (tertiary/aromatic N) is 4. The molecule has 174 valence electrons. The van der Waals surface area contributed by atoms with Gasteiger partial charge in [-0.1, -0.05) is 43.2 Å². The van der Waals surface area contributed by atoms with E-state index in [0.717, 1.165) is 25.7 Å². The van der Waals surface area contributed by atoms with Crippen molar-refractivity contribution in [2.45, 2.75) is 37.8 Å². The summed E-state index contributed by atoms with van der Waals surface area (Å²) in [6.45, 7) is 2.54. The van der Waals surface area contributed by atoms with Crippen LogP contribution < -0.4 is 11.1 Å². The molecule has 2 aromatic rings. The molecule has 9 nitrogen and oxygen atoms in total. The fourth-order valence-electron chi connectivity index (χ4n) is 4.90. The Hall–Kier alpha value is -3.33. The van der Waals surface area contributed by atoms with Gasteiger partial charge in [-0.3, -0.25) is 19.3 Å². The van der Waals surface area contributed by atoms with Crippen LogP contribution in [0.2, 0.25) is 0 Å². The molecule has 1 aromatic carbocycles. The molecule has 2 fully saturated rings. The average molecular weight is 451 g/mol. The summed E-state index contributed by atoms with van der Waals surface area (Å²) in [5.74, 6) is -1.04. The van der Waals surface area contributed by atoms with Crippen LogP contribution in [-0.2, 0) is 9.59 Å². The van der Waals surface area contributed by atoms with Gasteiger partial charge in [0.1, 0.15) is 6.04 Å². The molecule has 1 aromatic heterocycles. The van der Waals surface area contributed by atoms with Crippen LogP contribution in [0.25, 0.3) is 0 Å². The summed E-state index contributed by atoms with van der Waals surface area (Å²) in [4.78, 5) is 42.1. The lowest BCUT2D eigenvalue weighted by atomic mass is 9.82. The van der Waals surface area contributed by atoms with Crippen LogP contribution in [0.15, 0.2) is 48.7 Å². The highest BCUT2D eigenvalue weighted by molar-refractivity contribution is 5.92. The molecule has 0 spiro atoms. The molecule has 3 amide bonds. The number of hydrogen-bond donors (Lipinski definition) is 2. The van der Waals surface area contributed by atoms with Crippen molar-refractivity contribution >= 4 is 17.7 Å². The number of aromatic nitrogens is 2. The highest BCUT2D eigenvalue weighted by atomic mass is 16.2. The minimum atomic E-state index is -0.845. The Balaban J connectivity index is 1.40. The van der Waals surface area contributed by atoms with Crippen molar-refractivity contribution < 1.29 is 14.4 Å². The second-order valence-electron chi connectivity index (χ2n) is 8.65. The molecule has 4 rings (SSSR count). The monoisotopic (exact) mass is 450 g/mol. The number of nitrogens with two attached hydrogens (primary N) is 1. The molecular formula is C24H30N6O3. The number of hydrogen-bond acceptors (Lipinski definition) is 6. The standard InChI is InChI=1S/C24H30N6O3/c25-22(31)21(17-7-2-1-3-8-17)27-23(32)18-9-4-5-11-20(18)29-13-15-30(16-14-29)24(33)19-10-6-12-26-28-19/h1-3,6-8,10,12,18,20-21H,4-5,9,11,13-16H2,(H2,25,31)(H,27,32)/t18-,20-,21+/m1/s1. The van der Waals surface area contributed by atoms with E-state index in [9.17, 15) is 14.4 Å². The molecule has 2 aliphatic rings. The van der Waals surface area contributed by atoms with Crippen molar-refractivity contribution in [2.75, 3.05) is 26.2 Å². The van der Waals surface area contributed by atoms with Gasteiger partial charge in [-0.05, 0) is 30.5 Å². The molecular weight excluding hydrogens is 420 g/mol. The third-order valence-electron chi connectivity index (χ3n) is 6.63. The molecule has 3 N–H and O–H groups in total. The Bertz CT molecular complexity index is 963. The zero-order chi connectivity index (χ0) is 23.2. The predicted molar refractivity (Wildman–Crippen MR) is 122 cm³/mol. The zero-order valence-electron chi connectivity index (χ0n) is 18.6. The second kappa shape index (κ2) is 10.5. The first-order valence-electron chi connectivity index (χ1n) is 11.5. The topological polar surface area (TPSA) is 122 Å². The van der Waals surface area contributed by atoms with Crippen LogP contribution in [0.4, 0.5) is 0 Å². The van der Waals surface area contributed by atoms with E-state index in [1.165, 1.54) is 0 Å². The number of benzene rings is 1. The number of rotatable bonds is 6. The van der Waals surface area contributed by atoms with Crippen LogP contribution in [0.5, 0.6) is 0 Å². The molecule has 1 saturated heterocycles. The molecule has 0 unspecified atom stereocenters. The Morgan fingerprint density at radius 3 is 2.36 bits per heavy atom. The van der Waals surface area contributed by atoms with Gasteiger partial charge >= 0.3 is 0 Å². The quantitative estimate of drug-likeness (QED) is 0.681. The maximum absolute atomic E-state index is 13.3. The summed E-state index contributed by atoms with van der Waals surface area (Å²) in [6, 6.07) is 11.7. The Morgan fingerprint density at radius 1 is 0.970 bits per heavy atom. The molecule has 9 heteroatoms. The highest BCUT2D eigenvalue weighted by Gasteiger charge is 2.38. The third kappa shape index (κ3) is 5.36. The maximum atomic E-state index is 13.3. The number of amides is 3. The first-order valence-corrected chi connectivity index (χ1v) is 11.5. The van der Waals surface area contributed by atoms with Gasteiger partial charge < -0.3 is 16.0 Å². The largest absolute Gasteiger partial charge is 0.368 e. The predicted octanol–water partition coefficient (Wildman–Crippen LogP) is 1.14. The lowest BCUT2D eigenvalue weighted by Gasteiger charge is -2.43. The highest BCUT2D eigenvalue weighted by Crippen LogP contribution is 2.30. The van der Waals surface area contributed by atoms with Gasteiger partial charge in [0.05, 0.1) is 5.92 Å². The Labute approximate surface area is 193 Å². The maximum Gasteiger partial charge on any atom is 0.274 e. The van der Waals surface area contributed by atoms with Gasteiger partial charge in [-0.15, -0.1) is 5.10 Å². The number of primary amides is 1. The molecule has 0 radical (unpaired) electrons. The lowest BCUT2D eigenvalue weighted by Crippen LogP contribution is -2.56. The fourth-order valence-corrected chi connectivity index (χ4v) is 4.90. The van der Waals surface area contributed by atoms with Crippen molar-refractivity contribution in [3.63, 3.8) is 0 Å². The van der Waals surface area contributed by atoms with Crippen LogP contribution in [0, 0.1) is 5.92 Å². The molecule has 1 saturated carbocycles. The van der Waals surface area contributed by atoms with Crippen molar-refractivity contribution in [2.24, 2.45) is 11.7 Å². The average Bonchev–Trinajstić information content (AvgIpc) is 2.87. The number of piperazine rings is 1. The van der Waals surface area contributed by atoms with E-state index in [1.54, 1.807) is 35.4 Å². The summed E-state index contributed by atoms with van der Waals surface area (Å²) >= 11 is 0. The number of nitrogens with one attached hydrogen (secondary N) is 1. The Kier molecular flexibility index (Phi) is 7.29. The Morgan fingerprint density at radius 2 is 1.70 bits per heavy atom. The van der Waals surface area contributed by atoms with Crippen molar-refractivity contribution in [3.8, 4) is 0 Å². The van der Waals surface area contributed by atoms with Crippen molar-refractivity contribution in [1.82, 2.24) is 25.3 Å². The second-order valence-corrected chi connectivity index (χ2v) is 8.65. The summed E-state index contributed by atoms with van der Waals surface area (Å²) in [7, 11) is 0. The van der Waals surface area contributed by atoms with Crippen LogP contribution in [0.1, 0.15) is 47.8 Å². The van der Waals surface area contributed by atoms with E-state index in [1.807, 2.05) is 18.2 Å². The van der Waals surface area contributed by atoms with E-state index in [0.29, 0.717) is 37.4 Å². The van der Waals surface area contributed by atoms with Gasteiger partial charge in [0, 0.05) is 38.4 Å². The molecule has 1 aliphatic carbocycles. The van der Waals surface area contributed by atoms with Gasteiger partial charge in [-0.25, -0.2) is 0 Å². The van der Waals surface area contributed by atoms with Gasteiger partial charge in [0.25, 0.3) is 5.91 Å². The molecule has 1 aliphatic heterocycles. The van der Waals surface area contributed by atoms with Crippen LogP contribution >= 0.6 is 0 Å². The van der Waals surface area contributed by atoms with E-state index in [-0.39, 0.29) is 23.8 Å². The molecule has 2 heterocycles. The minimum absolute atomic E-state index is 0.0804. The van der Waals surface area contributed by atoms with Gasteiger partial charge in [0.2, 0.25) is 11.8 Å². The fraction of sp³-hybridized carbons (Fsp3) is 0.458. The van der Waals surface area contributed by atoms with Gasteiger partial charge in [-0.2, -0.15) is 5.10 Å². The van der Waals surface area contributed by atoms with Crippen molar-refractivity contribution in [1.29, 1.82) is 0 Å². The van der Waals surface area contributed by atoms with E-state index < -0.39 is 11.9 Å². The minimum Gasteiger partial charge on any atom is -0.368 e. The first kappa shape index (κ1) is 22.8. The number of carbonyl (C=O) groups is 3. The molecule has 33 heavy (non-hydrogen) atoms. The molecule has 3 atom stereocenters. The summed E-state index contributed by atoms with van der Waals surface area (Å²) < 4.78 is 0. The smallest absolute Gasteiger partial charge is 0.274 e. The van der Waals surface area contributed by atoms with E-state index in [4.69, 9.17) is 5.73 Å². The van der Waals surface area contributed by atoms with Crippen LogP contribution in [-0.4, -0.2) is 69.9 Å². The lowest BCUT2D eigenvalue weighted by molar-refractivity contribution is -0.133. The summed E-state index contributed by atoms with van der Waals surface area (Å²) in [5.41, 5.74) is 6.63. The zero-order valence-corrected chi connectivity index (χ0v) is 18.6. The third-order valence-corrected chi connectivity index (χ3v) is 6.63. The first-order chi connectivity index (χ1) is 16.0. The number of carbonyl (C=O) groups excluding carboxylic acids is 3. The van der Waals surface area contributed by atoms with Crippen molar-refractivity contribution in [3.05, 3.63) is 59.9 Å². The summed E-state index contributed by atoms with van der Waals surface area (Å²) in [5, 5.41) is 10.6. The van der Waals surface area contributed by atoms with E-state index in [2.05, 4.69) is 20.4 Å². The van der Waals surface area contributed by atoms with Gasteiger partial charge in [0.15, 0.2) is 5.69 Å². The summed E-state index contributed by atoms with van der Waals surface area (Å²) in [6.07, 6.45) is 5.28.